The number of morpholine rings is 1. The van der Waals surface area contributed by atoms with Crippen LogP contribution in [-0.4, -0.2) is 62.0 Å². The Morgan fingerprint density at radius 1 is 1.50 bits per heavy atom. The van der Waals surface area contributed by atoms with Crippen LogP contribution in [0.4, 0.5) is 0 Å². The molecule has 0 amide bonds. The molecule has 1 aliphatic heterocycles. The number of hydrogen-bond donors (Lipinski definition) is 1. The van der Waals surface area contributed by atoms with Crippen LogP contribution < -0.4 is 0 Å². The second kappa shape index (κ2) is 4.62. The molecular weight excluding hydrogens is 238 g/mol. The average Bonchev–Trinajstić information content (AvgIpc) is 3.11. The van der Waals surface area contributed by atoms with Crippen molar-refractivity contribution in [1.82, 2.24) is 25.1 Å². The Morgan fingerprint density at radius 2 is 2.33 bits per heavy atom. The molecule has 2 aliphatic rings. The smallest absolute Gasteiger partial charge is 0.334 e. The Labute approximate surface area is 104 Å². The number of ether oxygens (including phenoxy) is 1. The Hall–Kier alpha value is -1.54. The average molecular weight is 253 g/mol. The van der Waals surface area contributed by atoms with Crippen molar-refractivity contribution < 1.29 is 14.6 Å². The van der Waals surface area contributed by atoms with Crippen LogP contribution in [-0.2, 0) is 16.1 Å². The lowest BCUT2D eigenvalue weighted by molar-refractivity contribution is -0.156. The summed E-state index contributed by atoms with van der Waals surface area (Å²) in [6.45, 7) is 2.10. The van der Waals surface area contributed by atoms with Crippen LogP contribution in [0.5, 0.6) is 0 Å². The summed E-state index contributed by atoms with van der Waals surface area (Å²) in [7, 11) is 0. The van der Waals surface area contributed by atoms with Crippen molar-refractivity contribution in [2.24, 2.45) is 0 Å². The molecule has 1 atom stereocenters. The van der Waals surface area contributed by atoms with Crippen molar-refractivity contribution in [3.8, 4) is 0 Å². The summed E-state index contributed by atoms with van der Waals surface area (Å²) in [5.74, 6) is -0.106. The third-order valence-electron chi connectivity index (χ3n) is 3.24. The van der Waals surface area contributed by atoms with Crippen LogP contribution in [0.25, 0.3) is 0 Å². The molecule has 8 heteroatoms. The zero-order valence-corrected chi connectivity index (χ0v) is 9.90. The van der Waals surface area contributed by atoms with Gasteiger partial charge in [-0.2, -0.15) is 0 Å². The number of carbonyl (C=O) groups is 1. The van der Waals surface area contributed by atoms with Gasteiger partial charge in [0.1, 0.15) is 0 Å². The zero-order chi connectivity index (χ0) is 12.5. The summed E-state index contributed by atoms with van der Waals surface area (Å²) >= 11 is 0. The maximum Gasteiger partial charge on any atom is 0.334 e. The third-order valence-corrected chi connectivity index (χ3v) is 3.24. The molecule has 2 fully saturated rings. The largest absolute Gasteiger partial charge is 0.479 e. The molecule has 1 unspecified atom stereocenters. The maximum absolute atomic E-state index is 10.9. The minimum Gasteiger partial charge on any atom is -0.479 e. The second-order valence-corrected chi connectivity index (χ2v) is 4.70. The van der Waals surface area contributed by atoms with Gasteiger partial charge in [0.25, 0.3) is 0 Å². The summed E-state index contributed by atoms with van der Waals surface area (Å²) in [5.41, 5.74) is 0. The SMILES string of the molecule is O=C(O)C1CN(Cc2nnnn2C2CC2)CCO1. The minimum absolute atomic E-state index is 0.382. The highest BCUT2D eigenvalue weighted by molar-refractivity contribution is 5.72. The monoisotopic (exact) mass is 253 g/mol. The quantitative estimate of drug-likeness (QED) is 0.757. The lowest BCUT2D eigenvalue weighted by Crippen LogP contribution is -2.45. The molecule has 0 bridgehead atoms. The number of carboxylic acid groups (broad SMARTS) is 1. The first-order valence-corrected chi connectivity index (χ1v) is 6.07. The normalized spacial score (nSPS) is 25.2. The van der Waals surface area contributed by atoms with E-state index in [1.165, 1.54) is 0 Å². The van der Waals surface area contributed by atoms with Gasteiger partial charge in [0.15, 0.2) is 11.9 Å². The summed E-state index contributed by atoms with van der Waals surface area (Å²) in [5, 5.41) is 20.6. The van der Waals surface area contributed by atoms with Crippen molar-refractivity contribution in [2.45, 2.75) is 31.5 Å². The first kappa shape index (κ1) is 11.5. The summed E-state index contributed by atoms with van der Waals surface area (Å²) in [6.07, 6.45) is 1.50. The maximum atomic E-state index is 10.9. The fourth-order valence-electron chi connectivity index (χ4n) is 2.11. The number of aromatic nitrogens is 4. The van der Waals surface area contributed by atoms with E-state index in [9.17, 15) is 4.79 Å². The van der Waals surface area contributed by atoms with Crippen molar-refractivity contribution in [1.29, 1.82) is 0 Å². The highest BCUT2D eigenvalue weighted by atomic mass is 16.5. The molecule has 2 heterocycles. The fraction of sp³-hybridized carbons (Fsp3) is 0.800. The first-order valence-electron chi connectivity index (χ1n) is 6.07. The van der Waals surface area contributed by atoms with Gasteiger partial charge in [-0.1, -0.05) is 0 Å². The zero-order valence-electron chi connectivity index (χ0n) is 9.90. The van der Waals surface area contributed by atoms with Gasteiger partial charge in [-0.15, -0.1) is 5.10 Å². The molecule has 1 saturated carbocycles. The van der Waals surface area contributed by atoms with Crippen LogP contribution >= 0.6 is 0 Å². The Bertz CT molecular complexity index is 444. The molecule has 3 rings (SSSR count). The molecule has 0 spiro atoms. The van der Waals surface area contributed by atoms with Gasteiger partial charge in [0.05, 0.1) is 19.2 Å². The molecule has 1 aromatic heterocycles. The highest BCUT2D eigenvalue weighted by Crippen LogP contribution is 2.34. The Kier molecular flexibility index (Phi) is 2.96. The van der Waals surface area contributed by atoms with E-state index < -0.39 is 12.1 Å². The lowest BCUT2D eigenvalue weighted by atomic mass is 10.2. The van der Waals surface area contributed by atoms with E-state index in [0.717, 1.165) is 18.7 Å². The predicted octanol–water partition coefficient (Wildman–Crippen LogP) is -0.707. The first-order chi connectivity index (χ1) is 8.74. The van der Waals surface area contributed by atoms with Crippen molar-refractivity contribution in [3.05, 3.63) is 5.82 Å². The van der Waals surface area contributed by atoms with E-state index in [0.29, 0.717) is 32.3 Å². The van der Waals surface area contributed by atoms with Gasteiger partial charge in [-0.05, 0) is 23.3 Å². The molecule has 1 saturated heterocycles. The number of rotatable bonds is 4. The summed E-state index contributed by atoms with van der Waals surface area (Å²) in [6, 6.07) is 0.436. The van der Waals surface area contributed by atoms with Gasteiger partial charge in [-0.25, -0.2) is 9.48 Å². The number of tetrazole rings is 1. The van der Waals surface area contributed by atoms with Crippen LogP contribution in [0.15, 0.2) is 0 Å². The third kappa shape index (κ3) is 2.34. The summed E-state index contributed by atoms with van der Waals surface area (Å²) in [4.78, 5) is 12.9. The number of carboxylic acids is 1. The molecule has 0 radical (unpaired) electrons. The van der Waals surface area contributed by atoms with Gasteiger partial charge >= 0.3 is 5.97 Å². The van der Waals surface area contributed by atoms with Gasteiger partial charge in [-0.3, -0.25) is 4.90 Å². The number of hydrogen-bond acceptors (Lipinski definition) is 6. The van der Waals surface area contributed by atoms with E-state index in [1.807, 2.05) is 9.58 Å². The summed E-state index contributed by atoms with van der Waals surface area (Å²) < 4.78 is 7.03. The topological polar surface area (TPSA) is 93.4 Å². The molecule has 98 valence electrons. The van der Waals surface area contributed by atoms with E-state index in [-0.39, 0.29) is 0 Å². The Balaban J connectivity index is 1.64. The molecule has 0 aromatic carbocycles. The molecule has 1 N–H and O–H groups in total. The standard InChI is InChI=1S/C10H15N5O3/c16-10(17)8-5-14(3-4-18-8)6-9-11-12-13-15(9)7-1-2-7/h7-8H,1-6H2,(H,16,17). The predicted molar refractivity (Wildman–Crippen MR) is 58.7 cm³/mol. The van der Waals surface area contributed by atoms with E-state index in [1.54, 1.807) is 0 Å². The van der Waals surface area contributed by atoms with Gasteiger partial charge in [0, 0.05) is 13.1 Å². The lowest BCUT2D eigenvalue weighted by Gasteiger charge is -2.30. The molecule has 8 nitrogen and oxygen atoms in total. The Morgan fingerprint density at radius 3 is 3.06 bits per heavy atom. The number of nitrogens with zero attached hydrogens (tertiary/aromatic N) is 5. The van der Waals surface area contributed by atoms with E-state index in [2.05, 4.69) is 15.5 Å². The molecule has 1 aromatic rings. The fourth-order valence-corrected chi connectivity index (χ4v) is 2.11. The van der Waals surface area contributed by atoms with Crippen LogP contribution in [0, 0.1) is 0 Å². The van der Waals surface area contributed by atoms with Crippen molar-refractivity contribution >= 4 is 5.97 Å². The highest BCUT2D eigenvalue weighted by Gasteiger charge is 2.30. The van der Waals surface area contributed by atoms with Crippen molar-refractivity contribution in [2.75, 3.05) is 19.7 Å². The molecular formula is C10H15N5O3. The molecule has 18 heavy (non-hydrogen) atoms. The molecule has 1 aliphatic carbocycles. The van der Waals surface area contributed by atoms with Gasteiger partial charge < -0.3 is 9.84 Å². The van der Waals surface area contributed by atoms with Crippen LogP contribution in [0.2, 0.25) is 0 Å². The van der Waals surface area contributed by atoms with E-state index >= 15 is 0 Å². The number of aliphatic carboxylic acids is 1. The van der Waals surface area contributed by atoms with Crippen LogP contribution in [0.3, 0.4) is 0 Å². The van der Waals surface area contributed by atoms with Crippen LogP contribution in [0.1, 0.15) is 24.7 Å². The minimum atomic E-state index is -0.915. The van der Waals surface area contributed by atoms with Crippen molar-refractivity contribution in [3.63, 3.8) is 0 Å². The second-order valence-electron chi connectivity index (χ2n) is 4.70. The van der Waals surface area contributed by atoms with E-state index in [4.69, 9.17) is 9.84 Å². The van der Waals surface area contributed by atoms with Gasteiger partial charge in [0.2, 0.25) is 0 Å².